The standard InChI is InChI=1S/C19H35N5O5S/c1-11(2)15(21)18(27)24-9-5-7-14(24)17(26)23-13(10-30)16(25)22-12(19(28)29)6-3-4-8-20/h11-15,30H,3-10,20-21H2,1-2H3,(H,22,25)(H,23,26)(H,28,29). The zero-order valence-electron chi connectivity index (χ0n) is 17.7. The highest BCUT2D eigenvalue weighted by Gasteiger charge is 2.38. The van der Waals surface area contributed by atoms with Crippen molar-refractivity contribution >= 4 is 36.3 Å². The van der Waals surface area contributed by atoms with E-state index in [4.69, 9.17) is 11.5 Å². The second-order valence-corrected chi connectivity index (χ2v) is 8.25. The third-order valence-corrected chi connectivity index (χ3v) is 5.58. The van der Waals surface area contributed by atoms with Crippen molar-refractivity contribution in [2.45, 2.75) is 70.1 Å². The molecule has 1 aliphatic rings. The van der Waals surface area contributed by atoms with Gasteiger partial charge in [-0.15, -0.1) is 0 Å². The largest absolute Gasteiger partial charge is 0.480 e. The van der Waals surface area contributed by atoms with Gasteiger partial charge in [0.15, 0.2) is 0 Å². The van der Waals surface area contributed by atoms with Gasteiger partial charge in [-0.05, 0) is 44.6 Å². The minimum Gasteiger partial charge on any atom is -0.480 e. The molecule has 172 valence electrons. The van der Waals surface area contributed by atoms with Crippen molar-refractivity contribution in [3.05, 3.63) is 0 Å². The molecule has 7 N–H and O–H groups in total. The fourth-order valence-electron chi connectivity index (χ4n) is 3.26. The van der Waals surface area contributed by atoms with E-state index in [1.165, 1.54) is 4.90 Å². The molecule has 0 bridgehead atoms. The van der Waals surface area contributed by atoms with Crippen LogP contribution in [0.1, 0.15) is 46.0 Å². The van der Waals surface area contributed by atoms with Crippen LogP contribution in [0.3, 0.4) is 0 Å². The number of carboxylic acids is 1. The van der Waals surface area contributed by atoms with Gasteiger partial charge in [-0.1, -0.05) is 13.8 Å². The highest BCUT2D eigenvalue weighted by Crippen LogP contribution is 2.20. The van der Waals surface area contributed by atoms with Crippen LogP contribution < -0.4 is 22.1 Å². The van der Waals surface area contributed by atoms with Gasteiger partial charge >= 0.3 is 5.97 Å². The van der Waals surface area contributed by atoms with Gasteiger partial charge < -0.3 is 32.1 Å². The van der Waals surface area contributed by atoms with Crippen LogP contribution in [0, 0.1) is 5.92 Å². The molecule has 0 radical (unpaired) electrons. The van der Waals surface area contributed by atoms with E-state index in [0.717, 1.165) is 0 Å². The number of amides is 3. The molecule has 4 unspecified atom stereocenters. The molecule has 0 aliphatic carbocycles. The number of nitrogens with two attached hydrogens (primary N) is 2. The summed E-state index contributed by atoms with van der Waals surface area (Å²) >= 11 is 4.11. The number of carbonyl (C=O) groups is 4. The van der Waals surface area contributed by atoms with E-state index in [9.17, 15) is 24.3 Å². The Hall–Kier alpha value is -1.85. The number of carbonyl (C=O) groups excluding carboxylic acids is 3. The molecule has 0 aromatic heterocycles. The first kappa shape index (κ1) is 26.2. The summed E-state index contributed by atoms with van der Waals surface area (Å²) < 4.78 is 0. The van der Waals surface area contributed by atoms with Gasteiger partial charge in [0.05, 0.1) is 6.04 Å². The molecule has 0 saturated carbocycles. The molecule has 0 spiro atoms. The third kappa shape index (κ3) is 7.44. The topological polar surface area (TPSA) is 168 Å². The Morgan fingerprint density at radius 1 is 1.17 bits per heavy atom. The average Bonchev–Trinajstić information content (AvgIpc) is 3.19. The molecule has 30 heavy (non-hydrogen) atoms. The van der Waals surface area contributed by atoms with E-state index in [-0.39, 0.29) is 24.0 Å². The average molecular weight is 446 g/mol. The molecule has 1 rings (SSSR count). The minimum absolute atomic E-state index is 0.0150. The zero-order valence-corrected chi connectivity index (χ0v) is 18.6. The Balaban J connectivity index is 2.75. The number of nitrogens with zero attached hydrogens (tertiary/aromatic N) is 1. The number of likely N-dealkylation sites (tertiary alicyclic amines) is 1. The highest BCUT2D eigenvalue weighted by molar-refractivity contribution is 7.80. The van der Waals surface area contributed by atoms with Gasteiger partial charge in [0.2, 0.25) is 17.7 Å². The molecule has 0 aromatic carbocycles. The van der Waals surface area contributed by atoms with Crippen molar-refractivity contribution < 1.29 is 24.3 Å². The van der Waals surface area contributed by atoms with Gasteiger partial charge in [0.25, 0.3) is 0 Å². The van der Waals surface area contributed by atoms with Crippen molar-refractivity contribution in [2.24, 2.45) is 17.4 Å². The zero-order chi connectivity index (χ0) is 22.8. The summed E-state index contributed by atoms with van der Waals surface area (Å²) in [7, 11) is 0. The quantitative estimate of drug-likeness (QED) is 0.167. The third-order valence-electron chi connectivity index (χ3n) is 5.22. The van der Waals surface area contributed by atoms with Crippen LogP contribution in [0.25, 0.3) is 0 Å². The van der Waals surface area contributed by atoms with Crippen LogP contribution in [-0.2, 0) is 19.2 Å². The second kappa shape index (κ2) is 12.8. The van der Waals surface area contributed by atoms with Gasteiger partial charge in [0.1, 0.15) is 18.1 Å². The molecule has 3 amide bonds. The van der Waals surface area contributed by atoms with E-state index < -0.39 is 42.0 Å². The van der Waals surface area contributed by atoms with E-state index in [2.05, 4.69) is 23.3 Å². The van der Waals surface area contributed by atoms with Crippen molar-refractivity contribution in [3.63, 3.8) is 0 Å². The molecule has 1 saturated heterocycles. The molecule has 0 aromatic rings. The molecule has 10 nitrogen and oxygen atoms in total. The van der Waals surface area contributed by atoms with Crippen molar-refractivity contribution in [3.8, 4) is 0 Å². The first-order valence-electron chi connectivity index (χ1n) is 10.3. The summed E-state index contributed by atoms with van der Waals surface area (Å²) in [4.78, 5) is 50.7. The maximum Gasteiger partial charge on any atom is 0.326 e. The van der Waals surface area contributed by atoms with Crippen molar-refractivity contribution in [2.75, 3.05) is 18.8 Å². The Bertz CT molecular complexity index is 618. The summed E-state index contributed by atoms with van der Waals surface area (Å²) in [5.74, 6) is -2.63. The SMILES string of the molecule is CC(C)C(N)C(=O)N1CCCC1C(=O)NC(CS)C(=O)NC(CCCCN)C(=O)O. The molecule has 1 fully saturated rings. The second-order valence-electron chi connectivity index (χ2n) is 7.89. The van der Waals surface area contributed by atoms with Crippen molar-refractivity contribution in [1.29, 1.82) is 0 Å². The monoisotopic (exact) mass is 445 g/mol. The Kier molecular flexibility index (Phi) is 11.1. The number of carboxylic acid groups (broad SMARTS) is 1. The minimum atomic E-state index is -1.15. The molecule has 11 heteroatoms. The summed E-state index contributed by atoms with van der Waals surface area (Å²) in [5.41, 5.74) is 11.4. The maximum absolute atomic E-state index is 12.8. The summed E-state index contributed by atoms with van der Waals surface area (Å²) in [6.45, 7) is 4.53. The van der Waals surface area contributed by atoms with Crippen LogP contribution in [0.15, 0.2) is 0 Å². The lowest BCUT2D eigenvalue weighted by Crippen LogP contribution is -2.57. The molecule has 1 heterocycles. The molecule has 4 atom stereocenters. The van der Waals surface area contributed by atoms with Gasteiger partial charge in [-0.2, -0.15) is 12.6 Å². The number of unbranched alkanes of at least 4 members (excludes halogenated alkanes) is 1. The van der Waals surface area contributed by atoms with E-state index >= 15 is 0 Å². The number of aliphatic carboxylic acids is 1. The van der Waals surface area contributed by atoms with Crippen LogP contribution >= 0.6 is 12.6 Å². The summed E-state index contributed by atoms with van der Waals surface area (Å²) in [5, 5.41) is 14.4. The first-order chi connectivity index (χ1) is 14.1. The van der Waals surface area contributed by atoms with E-state index in [1.54, 1.807) is 0 Å². The normalized spacial score (nSPS) is 19.3. The summed E-state index contributed by atoms with van der Waals surface area (Å²) in [6.07, 6.45) is 2.58. The first-order valence-corrected chi connectivity index (χ1v) is 11.0. The number of rotatable bonds is 12. The number of hydrogen-bond donors (Lipinski definition) is 6. The molecular formula is C19H35N5O5S. The van der Waals surface area contributed by atoms with Crippen LogP contribution in [0.2, 0.25) is 0 Å². The van der Waals surface area contributed by atoms with E-state index in [0.29, 0.717) is 38.8 Å². The fraction of sp³-hybridized carbons (Fsp3) is 0.789. The highest BCUT2D eigenvalue weighted by atomic mass is 32.1. The number of hydrogen-bond acceptors (Lipinski definition) is 7. The molecule has 1 aliphatic heterocycles. The lowest BCUT2D eigenvalue weighted by molar-refractivity contribution is -0.143. The molecular weight excluding hydrogens is 410 g/mol. The Morgan fingerprint density at radius 3 is 2.37 bits per heavy atom. The van der Waals surface area contributed by atoms with Gasteiger partial charge in [-0.3, -0.25) is 14.4 Å². The van der Waals surface area contributed by atoms with E-state index in [1.807, 2.05) is 13.8 Å². The van der Waals surface area contributed by atoms with Crippen LogP contribution in [0.4, 0.5) is 0 Å². The maximum atomic E-state index is 12.8. The van der Waals surface area contributed by atoms with Crippen LogP contribution in [-0.4, -0.2) is 76.7 Å². The number of nitrogens with one attached hydrogen (secondary N) is 2. The number of thiol groups is 1. The Labute approximate surface area is 182 Å². The Morgan fingerprint density at radius 2 is 1.83 bits per heavy atom. The van der Waals surface area contributed by atoms with Crippen LogP contribution in [0.5, 0.6) is 0 Å². The summed E-state index contributed by atoms with van der Waals surface area (Å²) in [6, 6.07) is -3.50. The smallest absolute Gasteiger partial charge is 0.326 e. The lowest BCUT2D eigenvalue weighted by Gasteiger charge is -2.29. The fourth-order valence-corrected chi connectivity index (χ4v) is 3.52. The van der Waals surface area contributed by atoms with Crippen molar-refractivity contribution in [1.82, 2.24) is 15.5 Å². The predicted octanol–water partition coefficient (Wildman–Crippen LogP) is -0.926. The lowest BCUT2D eigenvalue weighted by atomic mass is 10.0. The predicted molar refractivity (Wildman–Crippen MR) is 116 cm³/mol. The van der Waals surface area contributed by atoms with Gasteiger partial charge in [-0.25, -0.2) is 4.79 Å². The van der Waals surface area contributed by atoms with Gasteiger partial charge in [0, 0.05) is 12.3 Å².